The first-order valence-corrected chi connectivity index (χ1v) is 12.1. The Morgan fingerprint density at radius 2 is 1.82 bits per heavy atom. The number of nitrogens with zero attached hydrogens (tertiary/aromatic N) is 1. The van der Waals surface area contributed by atoms with E-state index in [0.717, 1.165) is 27.6 Å². The van der Waals surface area contributed by atoms with Crippen molar-refractivity contribution in [3.63, 3.8) is 0 Å². The zero-order chi connectivity index (χ0) is 24.4. The Morgan fingerprint density at radius 3 is 2.53 bits per heavy atom. The van der Waals surface area contributed by atoms with Gasteiger partial charge in [-0.05, 0) is 74.1 Å². The molecule has 0 aliphatic heterocycles. The fourth-order valence-electron chi connectivity index (χ4n) is 4.11. The van der Waals surface area contributed by atoms with Gasteiger partial charge in [0.2, 0.25) is 5.76 Å². The van der Waals surface area contributed by atoms with E-state index in [1.807, 2.05) is 32.0 Å². The molecule has 7 heteroatoms. The predicted octanol–water partition coefficient (Wildman–Crippen LogP) is 6.47. The van der Waals surface area contributed by atoms with E-state index >= 15 is 0 Å². The van der Waals surface area contributed by atoms with Crippen molar-refractivity contribution in [2.45, 2.75) is 52.9 Å². The number of halogens is 1. The molecule has 2 aromatic carbocycles. The summed E-state index contributed by atoms with van der Waals surface area (Å²) in [7, 11) is 0. The fourth-order valence-corrected chi connectivity index (χ4v) is 4.38. The molecule has 3 aromatic rings. The highest BCUT2D eigenvalue weighted by Crippen LogP contribution is 2.32. The molecule has 0 spiro atoms. The van der Waals surface area contributed by atoms with Crippen LogP contribution in [0.1, 0.15) is 81.5 Å². The largest absolute Gasteiger partial charge is 0.453 e. The molecule has 0 bridgehead atoms. The van der Waals surface area contributed by atoms with E-state index in [2.05, 4.69) is 40.3 Å². The van der Waals surface area contributed by atoms with E-state index in [1.54, 1.807) is 24.3 Å². The van der Waals surface area contributed by atoms with Crippen molar-refractivity contribution in [2.24, 2.45) is 5.10 Å². The second kappa shape index (κ2) is 9.97. The minimum Gasteiger partial charge on any atom is -0.453 e. The van der Waals surface area contributed by atoms with E-state index in [9.17, 15) is 9.59 Å². The van der Waals surface area contributed by atoms with Crippen LogP contribution in [0.5, 0.6) is 5.75 Å². The Balaban J connectivity index is 1.59. The summed E-state index contributed by atoms with van der Waals surface area (Å²) in [6, 6.07) is 12.9. The van der Waals surface area contributed by atoms with Gasteiger partial charge in [-0.2, -0.15) is 5.10 Å². The van der Waals surface area contributed by atoms with E-state index < -0.39 is 5.97 Å². The normalized spacial score (nSPS) is 14.2. The number of furan rings is 1. The molecule has 176 valence electrons. The lowest BCUT2D eigenvalue weighted by atomic mass is 9.93. The minimum atomic E-state index is -0.530. The van der Waals surface area contributed by atoms with Crippen LogP contribution in [0.4, 0.5) is 0 Å². The summed E-state index contributed by atoms with van der Waals surface area (Å²) in [6.45, 7) is 7.91. The van der Waals surface area contributed by atoms with E-state index in [1.165, 1.54) is 0 Å². The Morgan fingerprint density at radius 1 is 1.09 bits per heavy atom. The Bertz CT molecular complexity index is 1270. The monoisotopic (exact) mass is 522 g/mol. The maximum absolute atomic E-state index is 13.1. The van der Waals surface area contributed by atoms with E-state index in [4.69, 9.17) is 9.15 Å². The number of esters is 1. The van der Waals surface area contributed by atoms with Gasteiger partial charge < -0.3 is 9.15 Å². The number of hydrazone groups is 1. The highest BCUT2D eigenvalue weighted by atomic mass is 79.9. The molecule has 1 aromatic heterocycles. The molecular weight excluding hydrogens is 496 g/mol. The Labute approximate surface area is 207 Å². The average molecular weight is 523 g/mol. The molecular formula is C27H27BrN2O4. The molecule has 1 N–H and O–H groups in total. The van der Waals surface area contributed by atoms with Gasteiger partial charge in [0, 0.05) is 27.6 Å². The minimum absolute atomic E-state index is 0.176. The molecule has 0 unspecified atom stereocenters. The molecule has 0 saturated carbocycles. The zero-order valence-corrected chi connectivity index (χ0v) is 21.3. The highest BCUT2D eigenvalue weighted by molar-refractivity contribution is 9.10. The molecule has 34 heavy (non-hydrogen) atoms. The number of nitrogens with one attached hydrogen (secondary N) is 1. The summed E-state index contributed by atoms with van der Waals surface area (Å²) in [5, 5.41) is 4.38. The lowest BCUT2D eigenvalue weighted by Crippen LogP contribution is -2.22. The SMILES string of the molecule is Cc1ccc(C(C)C)c(OC(=O)c2oc3c(c2C)/C(=N/NC(=O)c2ccc(Br)cc2)CCC3)c1. The summed E-state index contributed by atoms with van der Waals surface area (Å²) in [6.07, 6.45) is 2.19. The lowest BCUT2D eigenvalue weighted by molar-refractivity contribution is 0.0696. The predicted molar refractivity (Wildman–Crippen MR) is 135 cm³/mol. The second-order valence-electron chi connectivity index (χ2n) is 8.80. The molecule has 0 atom stereocenters. The van der Waals surface area contributed by atoms with Crippen LogP contribution in [0.25, 0.3) is 0 Å². The van der Waals surface area contributed by atoms with Crippen molar-refractivity contribution in [1.82, 2.24) is 5.43 Å². The number of fused-ring (bicyclic) bond motifs is 1. The van der Waals surface area contributed by atoms with Crippen LogP contribution in [0.2, 0.25) is 0 Å². The smallest absolute Gasteiger partial charge is 0.379 e. The van der Waals surface area contributed by atoms with Gasteiger partial charge in [0.15, 0.2) is 0 Å². The Kier molecular flexibility index (Phi) is 7.03. The first kappa shape index (κ1) is 24.0. The number of rotatable bonds is 5. The molecule has 1 aliphatic carbocycles. The van der Waals surface area contributed by atoms with Crippen LogP contribution in [-0.4, -0.2) is 17.6 Å². The third-order valence-electron chi connectivity index (χ3n) is 5.90. The van der Waals surface area contributed by atoms with Gasteiger partial charge in [-0.1, -0.05) is 41.9 Å². The van der Waals surface area contributed by atoms with Crippen molar-refractivity contribution >= 4 is 33.5 Å². The molecule has 0 radical (unpaired) electrons. The zero-order valence-electron chi connectivity index (χ0n) is 19.7. The standard InChI is InChI=1S/C27H27BrN2O4/c1-15(2)20-13-8-16(3)14-23(20)34-27(32)25-17(4)24-21(6-5-7-22(24)33-25)29-30-26(31)18-9-11-19(28)12-10-18/h8-15H,5-7H2,1-4H3,(H,30,31)/b29-21+. The van der Waals surface area contributed by atoms with Gasteiger partial charge in [-0.15, -0.1) is 0 Å². The van der Waals surface area contributed by atoms with E-state index in [-0.39, 0.29) is 17.6 Å². The quantitative estimate of drug-likeness (QED) is 0.236. The number of hydrogen-bond donors (Lipinski definition) is 1. The van der Waals surface area contributed by atoms with Gasteiger partial charge in [0.25, 0.3) is 5.91 Å². The maximum Gasteiger partial charge on any atom is 0.379 e. The van der Waals surface area contributed by atoms with Crippen LogP contribution >= 0.6 is 15.9 Å². The summed E-state index contributed by atoms with van der Waals surface area (Å²) in [5.41, 5.74) is 7.28. The molecule has 4 rings (SSSR count). The van der Waals surface area contributed by atoms with Gasteiger partial charge in [-0.25, -0.2) is 10.2 Å². The van der Waals surface area contributed by atoms with Crippen LogP contribution in [0, 0.1) is 13.8 Å². The average Bonchev–Trinajstić information content (AvgIpc) is 3.15. The third-order valence-corrected chi connectivity index (χ3v) is 6.43. The van der Waals surface area contributed by atoms with Crippen molar-refractivity contribution in [3.8, 4) is 5.75 Å². The van der Waals surface area contributed by atoms with Crippen molar-refractivity contribution in [2.75, 3.05) is 0 Å². The van der Waals surface area contributed by atoms with Gasteiger partial charge in [-0.3, -0.25) is 4.79 Å². The van der Waals surface area contributed by atoms with Gasteiger partial charge in [0.05, 0.1) is 5.71 Å². The summed E-state index contributed by atoms with van der Waals surface area (Å²) in [5.74, 6) is 0.800. The number of carbonyl (C=O) groups excluding carboxylic acids is 2. The third kappa shape index (κ3) is 4.99. The molecule has 1 heterocycles. The van der Waals surface area contributed by atoms with Crippen LogP contribution in [-0.2, 0) is 6.42 Å². The summed E-state index contributed by atoms with van der Waals surface area (Å²) >= 11 is 3.36. The van der Waals surface area contributed by atoms with Gasteiger partial charge >= 0.3 is 5.97 Å². The number of hydrogen-bond acceptors (Lipinski definition) is 5. The first-order valence-electron chi connectivity index (χ1n) is 11.3. The van der Waals surface area contributed by atoms with Crippen molar-refractivity contribution in [1.29, 1.82) is 0 Å². The maximum atomic E-state index is 13.1. The Hall–Kier alpha value is -3.19. The summed E-state index contributed by atoms with van der Waals surface area (Å²) in [4.78, 5) is 25.6. The lowest BCUT2D eigenvalue weighted by Gasteiger charge is -2.13. The van der Waals surface area contributed by atoms with Crippen molar-refractivity contribution < 1.29 is 18.7 Å². The second-order valence-corrected chi connectivity index (χ2v) is 9.72. The molecule has 1 aliphatic rings. The molecule has 6 nitrogen and oxygen atoms in total. The fraction of sp³-hybridized carbons (Fsp3) is 0.296. The van der Waals surface area contributed by atoms with Crippen LogP contribution in [0.3, 0.4) is 0 Å². The number of aryl methyl sites for hydroxylation is 2. The number of amides is 1. The number of carbonyl (C=O) groups is 2. The highest BCUT2D eigenvalue weighted by Gasteiger charge is 2.29. The van der Waals surface area contributed by atoms with E-state index in [0.29, 0.717) is 41.2 Å². The number of ether oxygens (including phenoxy) is 1. The summed E-state index contributed by atoms with van der Waals surface area (Å²) < 4.78 is 12.6. The molecule has 0 saturated heterocycles. The molecule has 1 amide bonds. The molecule has 0 fully saturated rings. The first-order chi connectivity index (χ1) is 16.2. The van der Waals surface area contributed by atoms with Crippen molar-refractivity contribution in [3.05, 3.63) is 86.3 Å². The topological polar surface area (TPSA) is 80.9 Å². The van der Waals surface area contributed by atoms with Crippen LogP contribution < -0.4 is 10.2 Å². The number of benzene rings is 2. The van der Waals surface area contributed by atoms with Crippen LogP contribution in [0.15, 0.2) is 56.5 Å². The van der Waals surface area contributed by atoms with Gasteiger partial charge in [0.1, 0.15) is 11.5 Å².